The predicted octanol–water partition coefficient (Wildman–Crippen LogP) is 1.67. The van der Waals surface area contributed by atoms with E-state index in [-0.39, 0.29) is 64.0 Å². The summed E-state index contributed by atoms with van der Waals surface area (Å²) in [5, 5.41) is 19.7. The van der Waals surface area contributed by atoms with Crippen LogP contribution in [0.25, 0.3) is 0 Å². The normalized spacial score (nSPS) is 38.6. The van der Waals surface area contributed by atoms with Crippen LogP contribution in [0.1, 0.15) is 29.5 Å². The minimum Gasteiger partial charge on any atom is -0.494 e. The fourth-order valence-electron chi connectivity index (χ4n) is 14.8. The van der Waals surface area contributed by atoms with Crippen molar-refractivity contribution in [2.75, 3.05) is 167 Å². The van der Waals surface area contributed by atoms with E-state index < -0.39 is 190 Å². The Hall–Kier alpha value is -4.60. The van der Waals surface area contributed by atoms with E-state index in [1.54, 1.807) is 42.5 Å². The van der Waals surface area contributed by atoms with Gasteiger partial charge in [-0.1, -0.05) is 11.8 Å². The first-order chi connectivity index (χ1) is 51.6. The van der Waals surface area contributed by atoms with Gasteiger partial charge in [0, 0.05) is 138 Å². The van der Waals surface area contributed by atoms with Gasteiger partial charge in [-0.3, -0.25) is 4.79 Å². The molecule has 22 aliphatic rings. The quantitative estimate of drug-likeness (QED) is 0.0858. The third-order valence-corrected chi connectivity index (χ3v) is 19.7. The molecule has 22 saturated heterocycles. The van der Waals surface area contributed by atoms with Crippen molar-refractivity contribution in [2.24, 2.45) is 0 Å². The predicted molar refractivity (Wildman–Crippen MR) is 362 cm³/mol. The van der Waals surface area contributed by atoms with Gasteiger partial charge in [-0.15, -0.1) is 0 Å². The molecule has 22 fully saturated rings. The number of rotatable bonds is 30. The van der Waals surface area contributed by atoms with Crippen molar-refractivity contribution in [2.45, 2.75) is 197 Å². The number of carboxylic acids is 1. The molecule has 1 N–H and O–H groups in total. The molecule has 30 atom stereocenters. The summed E-state index contributed by atoms with van der Waals surface area (Å²) in [6, 6.07) is 14.2. The second-order valence-electron chi connectivity index (χ2n) is 25.8. The Kier molecular flexibility index (Phi) is 34.0. The van der Waals surface area contributed by atoms with Crippen molar-refractivity contribution < 1.29 is 157 Å². The summed E-state index contributed by atoms with van der Waals surface area (Å²) in [5.74, 6) is 6.08. The zero-order valence-electron chi connectivity index (χ0n) is 63.2. The first-order valence-corrected chi connectivity index (χ1v) is 34.9. The van der Waals surface area contributed by atoms with Crippen LogP contribution in [0.15, 0.2) is 42.5 Å². The summed E-state index contributed by atoms with van der Waals surface area (Å²) >= 11 is 0. The first kappa shape index (κ1) is 85.4. The van der Waals surface area contributed by atoms with Crippen molar-refractivity contribution in [3.8, 4) is 29.4 Å². The number of hydrogen-bond donors (Lipinski definition) is 1. The lowest BCUT2D eigenvalue weighted by molar-refractivity contribution is -0.409. The molecule has 0 aromatic heterocycles. The number of ether oxygens (including phenoxy) is 31. The average molecular weight is 1510 g/mol. The number of benzene rings is 2. The lowest BCUT2D eigenvalue weighted by atomic mass is 9.94. The van der Waals surface area contributed by atoms with Crippen LogP contribution in [-0.4, -0.2) is 362 Å². The molecule has 22 heterocycles. The van der Waals surface area contributed by atoms with Crippen LogP contribution >= 0.6 is 0 Å². The number of methoxy groups -OCH3 is 17. The van der Waals surface area contributed by atoms with E-state index >= 15 is 0 Å². The minimum absolute atomic E-state index is 0.00371. The summed E-state index contributed by atoms with van der Waals surface area (Å²) in [5.41, 5.74) is 1.31. The number of nitrogens with zero attached hydrogens (tertiary/aromatic N) is 1. The fourth-order valence-corrected chi connectivity index (χ4v) is 14.8. The number of hydrogen-bond acceptors (Lipinski definition) is 33. The number of aliphatic carboxylic acids is 1. The second kappa shape index (κ2) is 42.2. The Balaban J connectivity index is 1.12. The van der Waals surface area contributed by atoms with Gasteiger partial charge in [-0.05, 0) is 48.9 Å². The van der Waals surface area contributed by atoms with Gasteiger partial charge >= 0.3 is 5.97 Å². The summed E-state index contributed by atoms with van der Waals surface area (Å²) in [6.07, 6.45) is -32.2. The van der Waals surface area contributed by atoms with Crippen LogP contribution in [0.3, 0.4) is 0 Å². The molecule has 2 aromatic carbocycles. The van der Waals surface area contributed by atoms with Crippen LogP contribution < -0.4 is 9.47 Å². The number of carboxylic acid groups (broad SMARTS) is 1. The Morgan fingerprint density at radius 2 is 0.613 bits per heavy atom. The molecule has 0 radical (unpaired) electrons. The molecule has 22 aliphatic heterocycles. The van der Waals surface area contributed by atoms with E-state index in [0.717, 1.165) is 0 Å². The Bertz CT molecular complexity index is 3020. The largest absolute Gasteiger partial charge is 0.494 e. The van der Waals surface area contributed by atoms with Crippen LogP contribution in [0.4, 0.5) is 0 Å². The lowest BCUT2D eigenvalue weighted by Gasteiger charge is -2.53. The van der Waals surface area contributed by atoms with Crippen LogP contribution in [-0.2, 0) is 142 Å². The maximum Gasteiger partial charge on any atom is 0.303 e. The topological polar surface area (TPSA) is 347 Å². The smallest absolute Gasteiger partial charge is 0.303 e. The van der Waals surface area contributed by atoms with Crippen LogP contribution in [0.2, 0.25) is 0 Å². The van der Waals surface area contributed by atoms with E-state index in [1.165, 1.54) is 121 Å². The lowest BCUT2D eigenvalue weighted by Crippen LogP contribution is -2.70. The van der Waals surface area contributed by atoms with Crippen molar-refractivity contribution in [1.82, 2.24) is 0 Å². The number of carbonyl (C=O) groups is 1. The summed E-state index contributed by atoms with van der Waals surface area (Å²) in [4.78, 5) is 11.0. The summed E-state index contributed by atoms with van der Waals surface area (Å²) in [7, 11) is 25.4. The van der Waals surface area contributed by atoms with E-state index in [9.17, 15) is 10.1 Å². The molecule has 0 unspecified atom stereocenters. The van der Waals surface area contributed by atoms with E-state index in [0.29, 0.717) is 23.3 Å². The second-order valence-corrected chi connectivity index (χ2v) is 25.8. The zero-order chi connectivity index (χ0) is 76.1. The molecular weight excluding hydrogens is 1410 g/mol. The molecule has 24 rings (SSSR count). The van der Waals surface area contributed by atoms with Crippen LogP contribution in [0.5, 0.6) is 11.5 Å². The maximum absolute atomic E-state index is 11.0. The molecule has 34 nitrogen and oxygen atoms in total. The third kappa shape index (κ3) is 19.8. The van der Waals surface area contributed by atoms with Gasteiger partial charge in [0.15, 0.2) is 37.7 Å². The van der Waals surface area contributed by atoms with Gasteiger partial charge in [0.05, 0.1) is 45.2 Å². The molecule has 12 bridgehead atoms. The SMILES string of the molecule is COC[C@H]1O[C@@H]2O[C@@H]3[C@@H](OC)[C@@H](OC)[C@@H](O[C@@H]4[C@@H](OC)[C@@H](OC)[C@@H](O[C@@H]5[C@@H](OC)[C@@H](OC)[C@@H](O[C@@H]6[C@@H](OC)[C@@H](OC)[C@@H](O[C@@H]7[C@@H](OC)[C@@H](OC)[C@@H](O[C@@H]1[C@@H](OC)[C@H]2OC)O[C@@H]7COC)O[C@@H]6COC)O[C@@H]5COc1ccc(C#Cc2ccc(OCCCC(=O)O)cc2)cc1C#N)O[C@@H]4COC)O[C@@H]3COC. The standard InChI is InChI=1S/C72H107NO33/c1-76-31-42-49-55(81-6)61(87-12)67(95-42)102-50-43(32-77-2)97-69(63(89-14)56(50)82-7)104-52-45(34-79-4)99-71(65(91-16)58(52)84-9)106-54-47(36-94-41-27-24-38(29-39(41)30-73)21-20-37-22-25-40(26-23-37)93-28-18-19-48(74)75)100-72(66(92-17)60(54)86-11)105-53-46(35-80-5)98-70(64(90-15)59(53)85-10)103-51-44(33-78-3)96-68(101-49)62(88-13)57(51)83-8/h22-27,29,42-47,49-72H,18-19,28,31-36H2,1-17H3,(H,74,75)/t42-,43-,44-,45-,46-,47-,49+,50+,51+,52+,53+,54+,55-,56-,57-,58-,59-,60-,61-,62-,63-,64-,65-,66-,67-,68-,69-,70-,71-,72-/m1/s1. The van der Waals surface area contributed by atoms with E-state index in [4.69, 9.17) is 152 Å². The number of nitriles is 1. The zero-order valence-corrected chi connectivity index (χ0v) is 63.2. The molecule has 34 heteroatoms. The van der Waals surface area contributed by atoms with Gasteiger partial charge in [-0.25, -0.2) is 0 Å². The van der Waals surface area contributed by atoms with Crippen LogP contribution in [0, 0.1) is 23.2 Å². The molecular formula is C72H107NO33. The monoisotopic (exact) mass is 1510 g/mol. The van der Waals surface area contributed by atoms with E-state index in [1.807, 2.05) is 0 Å². The van der Waals surface area contributed by atoms with Gasteiger partial charge in [0.1, 0.15) is 171 Å². The fraction of sp³-hybridized carbons (Fsp3) is 0.778. The Morgan fingerprint density at radius 3 is 0.868 bits per heavy atom. The van der Waals surface area contributed by atoms with Gasteiger partial charge < -0.3 is 152 Å². The molecule has 2 aromatic rings. The van der Waals surface area contributed by atoms with Gasteiger partial charge in [-0.2, -0.15) is 5.26 Å². The molecule has 106 heavy (non-hydrogen) atoms. The molecule has 0 spiro atoms. The van der Waals surface area contributed by atoms with E-state index in [2.05, 4.69) is 17.9 Å². The van der Waals surface area contributed by atoms with Gasteiger partial charge in [0.25, 0.3) is 0 Å². The molecule has 0 amide bonds. The summed E-state index contributed by atoms with van der Waals surface area (Å²) in [6.45, 7) is -0.405. The highest BCUT2D eigenvalue weighted by Gasteiger charge is 2.61. The highest BCUT2D eigenvalue weighted by molar-refractivity contribution is 5.66. The Labute approximate surface area is 618 Å². The van der Waals surface area contributed by atoms with Crippen molar-refractivity contribution in [1.29, 1.82) is 5.26 Å². The Morgan fingerprint density at radius 1 is 0.349 bits per heavy atom. The molecule has 0 saturated carbocycles. The average Bonchev–Trinajstić information content (AvgIpc) is 0.759. The minimum atomic E-state index is -1.37. The highest BCUT2D eigenvalue weighted by atomic mass is 16.8. The van der Waals surface area contributed by atoms with Gasteiger partial charge in [0.2, 0.25) is 0 Å². The third-order valence-electron chi connectivity index (χ3n) is 19.7. The highest BCUT2D eigenvalue weighted by Crippen LogP contribution is 2.43. The van der Waals surface area contributed by atoms with Crippen molar-refractivity contribution in [3.63, 3.8) is 0 Å². The molecule has 598 valence electrons. The maximum atomic E-state index is 11.0. The first-order valence-electron chi connectivity index (χ1n) is 34.9. The molecule has 0 aliphatic carbocycles. The van der Waals surface area contributed by atoms with Crippen molar-refractivity contribution >= 4 is 5.97 Å². The van der Waals surface area contributed by atoms with Crippen molar-refractivity contribution in [3.05, 3.63) is 59.2 Å². The summed E-state index contributed by atoms with van der Waals surface area (Å²) < 4.78 is 201.